The summed E-state index contributed by atoms with van der Waals surface area (Å²) in [5, 5.41) is 11.7. The van der Waals surface area contributed by atoms with Crippen LogP contribution >= 0.6 is 11.6 Å². The van der Waals surface area contributed by atoms with E-state index in [1.807, 2.05) is 18.2 Å². The second kappa shape index (κ2) is 4.83. The molecule has 86 valence electrons. The molecule has 1 aliphatic carbocycles. The summed E-state index contributed by atoms with van der Waals surface area (Å²) < 4.78 is 0. The lowest BCUT2D eigenvalue weighted by Crippen LogP contribution is -2.30. The second-order valence-corrected chi connectivity index (χ2v) is 4.74. The Morgan fingerprint density at radius 3 is 2.75 bits per heavy atom. The number of nitro groups is 1. The van der Waals surface area contributed by atoms with E-state index in [1.54, 1.807) is 6.07 Å². The lowest BCUT2D eigenvalue weighted by atomic mass is 9.80. The van der Waals surface area contributed by atoms with Crippen LogP contribution in [0.2, 0.25) is 5.02 Å². The number of hydrogen-bond donors (Lipinski definition) is 0. The van der Waals surface area contributed by atoms with Gasteiger partial charge in [-0.15, -0.1) is 0 Å². The van der Waals surface area contributed by atoms with E-state index in [2.05, 4.69) is 0 Å². The Morgan fingerprint density at radius 1 is 1.31 bits per heavy atom. The van der Waals surface area contributed by atoms with Crippen molar-refractivity contribution in [2.45, 2.75) is 37.6 Å². The van der Waals surface area contributed by atoms with Crippen LogP contribution in [0.15, 0.2) is 24.3 Å². The zero-order chi connectivity index (χ0) is 11.5. The first kappa shape index (κ1) is 11.4. The summed E-state index contributed by atoms with van der Waals surface area (Å²) >= 11 is 5.92. The Hall–Kier alpha value is -1.09. The topological polar surface area (TPSA) is 43.1 Å². The van der Waals surface area contributed by atoms with E-state index in [-0.39, 0.29) is 10.8 Å². The van der Waals surface area contributed by atoms with Gasteiger partial charge in [-0.25, -0.2) is 0 Å². The molecule has 1 saturated carbocycles. The van der Waals surface area contributed by atoms with E-state index < -0.39 is 6.04 Å². The number of nitrogens with zero attached hydrogens (tertiary/aromatic N) is 1. The van der Waals surface area contributed by atoms with Gasteiger partial charge in [-0.2, -0.15) is 0 Å². The molecule has 0 aromatic heterocycles. The first-order valence-corrected chi connectivity index (χ1v) is 5.95. The molecule has 0 spiro atoms. The largest absolute Gasteiger partial charge is 0.264 e. The van der Waals surface area contributed by atoms with Gasteiger partial charge in [-0.3, -0.25) is 10.1 Å². The van der Waals surface area contributed by atoms with Crippen molar-refractivity contribution in [3.63, 3.8) is 0 Å². The van der Waals surface area contributed by atoms with Gasteiger partial charge in [-0.1, -0.05) is 30.2 Å². The fourth-order valence-corrected chi connectivity index (χ4v) is 2.69. The minimum Gasteiger partial charge on any atom is -0.264 e. The Balaban J connectivity index is 2.26. The summed E-state index contributed by atoms with van der Waals surface area (Å²) in [6.07, 6.45) is 3.61. The molecule has 0 saturated heterocycles. The highest BCUT2D eigenvalue weighted by molar-refractivity contribution is 6.30. The molecular weight excluding hydrogens is 226 g/mol. The van der Waals surface area contributed by atoms with Crippen molar-refractivity contribution in [2.24, 2.45) is 0 Å². The van der Waals surface area contributed by atoms with Gasteiger partial charge in [-0.05, 0) is 30.5 Å². The monoisotopic (exact) mass is 239 g/mol. The van der Waals surface area contributed by atoms with Crippen LogP contribution in [0.3, 0.4) is 0 Å². The third kappa shape index (κ3) is 2.35. The lowest BCUT2D eigenvalue weighted by Gasteiger charge is -2.25. The average Bonchev–Trinajstić information content (AvgIpc) is 2.29. The fraction of sp³-hybridized carbons (Fsp3) is 0.500. The van der Waals surface area contributed by atoms with Crippen LogP contribution in [0.4, 0.5) is 0 Å². The summed E-state index contributed by atoms with van der Waals surface area (Å²) in [6, 6.07) is 7.03. The molecule has 16 heavy (non-hydrogen) atoms. The first-order valence-electron chi connectivity index (χ1n) is 5.57. The Labute approximate surface area is 99.6 Å². The highest BCUT2D eigenvalue weighted by Gasteiger charge is 2.34. The van der Waals surface area contributed by atoms with Gasteiger partial charge in [0, 0.05) is 16.4 Å². The van der Waals surface area contributed by atoms with Crippen molar-refractivity contribution in [1.82, 2.24) is 0 Å². The molecule has 0 radical (unpaired) electrons. The molecule has 1 aliphatic rings. The van der Waals surface area contributed by atoms with Gasteiger partial charge < -0.3 is 0 Å². The van der Waals surface area contributed by atoms with Gasteiger partial charge in [0.15, 0.2) is 0 Å². The Kier molecular flexibility index (Phi) is 3.44. The van der Waals surface area contributed by atoms with E-state index in [4.69, 9.17) is 11.6 Å². The molecule has 0 bridgehead atoms. The molecule has 0 unspecified atom stereocenters. The molecular formula is C12H14ClNO2. The highest BCUT2D eigenvalue weighted by atomic mass is 35.5. The average molecular weight is 240 g/mol. The molecule has 2 atom stereocenters. The van der Waals surface area contributed by atoms with Crippen LogP contribution in [-0.2, 0) is 0 Å². The zero-order valence-corrected chi connectivity index (χ0v) is 9.69. The Bertz CT molecular complexity index is 394. The molecule has 4 heteroatoms. The van der Waals surface area contributed by atoms with Crippen molar-refractivity contribution < 1.29 is 4.92 Å². The summed E-state index contributed by atoms with van der Waals surface area (Å²) in [5.41, 5.74) is 1.01. The maximum atomic E-state index is 11.0. The number of hydrogen-bond acceptors (Lipinski definition) is 2. The van der Waals surface area contributed by atoms with Crippen molar-refractivity contribution in [2.75, 3.05) is 0 Å². The third-order valence-electron chi connectivity index (χ3n) is 3.28. The van der Waals surface area contributed by atoms with Crippen LogP contribution in [0.1, 0.15) is 37.2 Å². The predicted octanol–water partition coefficient (Wildman–Crippen LogP) is 3.64. The molecule has 1 aromatic carbocycles. The maximum Gasteiger partial charge on any atom is 0.219 e. The minimum atomic E-state index is -0.438. The maximum absolute atomic E-state index is 11.0. The summed E-state index contributed by atoms with van der Waals surface area (Å²) in [5.74, 6) is 0.0300. The van der Waals surface area contributed by atoms with Gasteiger partial charge in [0.2, 0.25) is 6.04 Å². The molecule has 2 rings (SSSR count). The van der Waals surface area contributed by atoms with Gasteiger partial charge in [0.25, 0.3) is 0 Å². The minimum absolute atomic E-state index is 0.0300. The van der Waals surface area contributed by atoms with Crippen LogP contribution in [0.25, 0.3) is 0 Å². The van der Waals surface area contributed by atoms with Gasteiger partial charge in [0.1, 0.15) is 0 Å². The molecule has 1 fully saturated rings. The quantitative estimate of drug-likeness (QED) is 0.584. The third-order valence-corrected chi connectivity index (χ3v) is 3.51. The van der Waals surface area contributed by atoms with E-state index in [0.717, 1.165) is 24.8 Å². The molecule has 0 N–H and O–H groups in total. The number of halogens is 1. The molecule has 1 aromatic rings. The fourth-order valence-electron chi connectivity index (χ4n) is 2.49. The first-order chi connectivity index (χ1) is 7.68. The highest BCUT2D eigenvalue weighted by Crippen LogP contribution is 2.35. The second-order valence-electron chi connectivity index (χ2n) is 4.30. The predicted molar refractivity (Wildman–Crippen MR) is 63.4 cm³/mol. The molecule has 0 amide bonds. The summed E-state index contributed by atoms with van der Waals surface area (Å²) in [7, 11) is 0. The van der Waals surface area contributed by atoms with Gasteiger partial charge in [0.05, 0.1) is 5.92 Å². The normalized spacial score (nSPS) is 25.3. The van der Waals surface area contributed by atoms with Crippen molar-refractivity contribution >= 4 is 11.6 Å². The smallest absolute Gasteiger partial charge is 0.219 e. The zero-order valence-electron chi connectivity index (χ0n) is 8.93. The molecule has 0 aliphatic heterocycles. The van der Waals surface area contributed by atoms with E-state index in [0.29, 0.717) is 11.4 Å². The van der Waals surface area contributed by atoms with E-state index in [1.165, 1.54) is 0 Å². The van der Waals surface area contributed by atoms with E-state index >= 15 is 0 Å². The molecule has 0 heterocycles. The van der Waals surface area contributed by atoms with Crippen LogP contribution in [0, 0.1) is 10.1 Å². The Morgan fingerprint density at radius 2 is 2.06 bits per heavy atom. The SMILES string of the molecule is O=[N+]([O-])[C@@H]1CCCC[C@H]1c1cccc(Cl)c1. The summed E-state index contributed by atoms with van der Waals surface area (Å²) in [4.78, 5) is 10.9. The number of rotatable bonds is 2. The lowest BCUT2D eigenvalue weighted by molar-refractivity contribution is -0.530. The van der Waals surface area contributed by atoms with Crippen LogP contribution in [-0.4, -0.2) is 11.0 Å². The van der Waals surface area contributed by atoms with Crippen molar-refractivity contribution in [3.05, 3.63) is 45.0 Å². The summed E-state index contributed by atoms with van der Waals surface area (Å²) in [6.45, 7) is 0. The number of benzene rings is 1. The van der Waals surface area contributed by atoms with Crippen molar-refractivity contribution in [3.8, 4) is 0 Å². The van der Waals surface area contributed by atoms with Gasteiger partial charge >= 0.3 is 0 Å². The van der Waals surface area contributed by atoms with E-state index in [9.17, 15) is 10.1 Å². The van der Waals surface area contributed by atoms with Crippen LogP contribution in [0.5, 0.6) is 0 Å². The standard InChI is InChI=1S/C12H14ClNO2/c13-10-5-3-4-9(8-10)11-6-1-2-7-12(11)14(15)16/h3-5,8,11-12H,1-2,6-7H2/t11-,12+/m0/s1. The van der Waals surface area contributed by atoms with Crippen LogP contribution < -0.4 is 0 Å². The molecule has 3 nitrogen and oxygen atoms in total. The van der Waals surface area contributed by atoms with Crippen molar-refractivity contribution in [1.29, 1.82) is 0 Å².